The Labute approximate surface area is 173 Å². The van der Waals surface area contributed by atoms with E-state index in [0.29, 0.717) is 18.0 Å². The maximum atomic E-state index is 11.8. The van der Waals surface area contributed by atoms with Gasteiger partial charge in [-0.25, -0.2) is 4.79 Å². The van der Waals surface area contributed by atoms with Crippen molar-refractivity contribution < 1.29 is 14.6 Å². The van der Waals surface area contributed by atoms with Gasteiger partial charge in [0.2, 0.25) is 0 Å². The average Bonchev–Trinajstić information content (AvgIpc) is 2.73. The zero-order valence-corrected chi connectivity index (χ0v) is 17.6. The highest BCUT2D eigenvalue weighted by Gasteiger charge is 2.21. The molecule has 1 aliphatic rings. The molecule has 2 aromatic rings. The number of hydrogen-bond acceptors (Lipinski definition) is 4. The quantitative estimate of drug-likeness (QED) is 0.765. The van der Waals surface area contributed by atoms with Crippen LogP contribution in [-0.4, -0.2) is 62.5 Å². The molecule has 0 unspecified atom stereocenters. The summed E-state index contributed by atoms with van der Waals surface area (Å²) >= 11 is 0. The normalized spacial score (nSPS) is 14.7. The number of nitrogens with zero attached hydrogens (tertiary/aromatic N) is 3. The number of ether oxygens (including phenoxy) is 1. The number of piperazine rings is 1. The molecule has 6 heteroatoms. The van der Waals surface area contributed by atoms with E-state index in [0.717, 1.165) is 39.1 Å². The number of carbonyl (C=O) groups is 1. The third-order valence-corrected chi connectivity index (χ3v) is 5.54. The number of anilines is 2. The van der Waals surface area contributed by atoms with Gasteiger partial charge in [-0.1, -0.05) is 24.3 Å². The lowest BCUT2D eigenvalue weighted by atomic mass is 10.1. The molecule has 156 valence electrons. The first kappa shape index (κ1) is 21.0. The zero-order chi connectivity index (χ0) is 20.8. The van der Waals surface area contributed by atoms with E-state index in [-0.39, 0.29) is 0 Å². The van der Waals surface area contributed by atoms with E-state index in [1.165, 1.54) is 21.7 Å². The van der Waals surface area contributed by atoms with Crippen LogP contribution in [0.15, 0.2) is 42.5 Å². The van der Waals surface area contributed by atoms with Crippen LogP contribution in [-0.2, 0) is 0 Å². The van der Waals surface area contributed by atoms with E-state index in [2.05, 4.69) is 41.8 Å². The van der Waals surface area contributed by atoms with Gasteiger partial charge >= 0.3 is 6.09 Å². The number of amides is 1. The molecule has 0 saturated carbocycles. The van der Waals surface area contributed by atoms with Gasteiger partial charge < -0.3 is 14.7 Å². The minimum atomic E-state index is -0.950. The summed E-state index contributed by atoms with van der Waals surface area (Å²) < 4.78 is 5.32. The smallest absolute Gasteiger partial charge is 0.411 e. The number of methoxy groups -OCH3 is 1. The number of rotatable bonds is 7. The van der Waals surface area contributed by atoms with E-state index < -0.39 is 6.09 Å². The second-order valence-corrected chi connectivity index (χ2v) is 7.58. The highest BCUT2D eigenvalue weighted by atomic mass is 16.5. The summed E-state index contributed by atoms with van der Waals surface area (Å²) in [5.41, 5.74) is 4.54. The molecule has 6 nitrogen and oxygen atoms in total. The summed E-state index contributed by atoms with van der Waals surface area (Å²) in [4.78, 5) is 18.0. The molecule has 29 heavy (non-hydrogen) atoms. The van der Waals surface area contributed by atoms with Crippen LogP contribution in [0.5, 0.6) is 5.75 Å². The van der Waals surface area contributed by atoms with Gasteiger partial charge in [0.1, 0.15) is 5.75 Å². The lowest BCUT2D eigenvalue weighted by Gasteiger charge is -2.37. The van der Waals surface area contributed by atoms with Gasteiger partial charge in [-0.05, 0) is 56.1 Å². The van der Waals surface area contributed by atoms with Gasteiger partial charge in [0.15, 0.2) is 0 Å². The van der Waals surface area contributed by atoms with Crippen molar-refractivity contribution in [3.8, 4) is 5.75 Å². The Morgan fingerprint density at radius 1 is 1.10 bits per heavy atom. The van der Waals surface area contributed by atoms with Crippen LogP contribution < -0.4 is 14.5 Å². The van der Waals surface area contributed by atoms with Crippen LogP contribution in [0, 0.1) is 13.8 Å². The number of para-hydroxylation sites is 2. The van der Waals surface area contributed by atoms with Crippen LogP contribution in [0.3, 0.4) is 0 Å². The Morgan fingerprint density at radius 3 is 2.52 bits per heavy atom. The van der Waals surface area contributed by atoms with Crippen molar-refractivity contribution >= 4 is 17.5 Å². The Bertz CT molecular complexity index is 832. The molecule has 1 N–H and O–H groups in total. The molecule has 0 radical (unpaired) electrons. The Hall–Kier alpha value is -2.73. The van der Waals surface area contributed by atoms with Crippen LogP contribution in [0.1, 0.15) is 17.5 Å². The second kappa shape index (κ2) is 9.65. The summed E-state index contributed by atoms with van der Waals surface area (Å²) in [5.74, 6) is 0.581. The summed E-state index contributed by atoms with van der Waals surface area (Å²) in [6, 6.07) is 13.9. The molecule has 1 heterocycles. The maximum absolute atomic E-state index is 11.8. The van der Waals surface area contributed by atoms with Crippen LogP contribution in [0.4, 0.5) is 16.2 Å². The molecule has 2 aromatic carbocycles. The largest absolute Gasteiger partial charge is 0.495 e. The number of hydrogen-bond donors (Lipinski definition) is 1. The Balaban J connectivity index is 1.52. The third-order valence-electron chi connectivity index (χ3n) is 5.54. The van der Waals surface area contributed by atoms with Gasteiger partial charge in [0.25, 0.3) is 0 Å². The first-order valence-corrected chi connectivity index (χ1v) is 10.2. The molecule has 0 spiro atoms. The predicted molar refractivity (Wildman–Crippen MR) is 118 cm³/mol. The molecule has 0 aromatic heterocycles. The minimum absolute atomic E-state index is 0.451. The van der Waals surface area contributed by atoms with Gasteiger partial charge in [0.05, 0.1) is 12.8 Å². The van der Waals surface area contributed by atoms with Gasteiger partial charge in [0, 0.05) is 38.4 Å². The lowest BCUT2D eigenvalue weighted by Crippen LogP contribution is -2.47. The first-order chi connectivity index (χ1) is 14.0. The van der Waals surface area contributed by atoms with E-state index >= 15 is 0 Å². The predicted octanol–water partition coefficient (Wildman–Crippen LogP) is 4.01. The number of aryl methyl sites for hydroxylation is 2. The topological polar surface area (TPSA) is 56.2 Å². The molecule has 1 fully saturated rings. The highest BCUT2D eigenvalue weighted by molar-refractivity contribution is 5.88. The molecule has 1 aliphatic heterocycles. The SMILES string of the molecule is COc1ccccc1N(CCCN1CCN(c2cc(C)ccc2C)CC1)C(=O)O. The van der Waals surface area contributed by atoms with Gasteiger partial charge in [-0.15, -0.1) is 0 Å². The van der Waals surface area contributed by atoms with Crippen molar-refractivity contribution in [1.29, 1.82) is 0 Å². The summed E-state index contributed by atoms with van der Waals surface area (Å²) in [5, 5.41) is 9.64. The van der Waals surface area contributed by atoms with Crippen molar-refractivity contribution in [3.05, 3.63) is 53.6 Å². The number of carboxylic acid groups (broad SMARTS) is 1. The molecule has 1 amide bonds. The summed E-state index contributed by atoms with van der Waals surface area (Å²) in [6.45, 7) is 9.63. The molecule has 0 atom stereocenters. The molecule has 0 aliphatic carbocycles. The number of benzene rings is 2. The maximum Gasteiger partial charge on any atom is 0.411 e. The van der Waals surface area contributed by atoms with Crippen molar-refractivity contribution in [2.75, 3.05) is 56.2 Å². The van der Waals surface area contributed by atoms with Crippen molar-refractivity contribution in [2.45, 2.75) is 20.3 Å². The van der Waals surface area contributed by atoms with Gasteiger partial charge in [-0.3, -0.25) is 9.80 Å². The fourth-order valence-corrected chi connectivity index (χ4v) is 3.90. The standard InChI is InChI=1S/C23H31N3O3/c1-18-9-10-19(2)21(17-18)25-15-13-24(14-16-25)11-6-12-26(23(27)28)20-7-4-5-8-22(20)29-3/h4-5,7-10,17H,6,11-16H2,1-3H3,(H,27,28). The molecular weight excluding hydrogens is 366 g/mol. The third kappa shape index (κ3) is 5.21. The van der Waals surface area contributed by atoms with E-state index in [1.807, 2.05) is 12.1 Å². The first-order valence-electron chi connectivity index (χ1n) is 10.2. The Kier molecular flexibility index (Phi) is 6.99. The zero-order valence-electron chi connectivity index (χ0n) is 17.6. The molecule has 1 saturated heterocycles. The molecule has 0 bridgehead atoms. The highest BCUT2D eigenvalue weighted by Crippen LogP contribution is 2.28. The second-order valence-electron chi connectivity index (χ2n) is 7.58. The lowest BCUT2D eigenvalue weighted by molar-refractivity contribution is 0.200. The van der Waals surface area contributed by atoms with E-state index in [9.17, 15) is 9.90 Å². The van der Waals surface area contributed by atoms with Crippen molar-refractivity contribution in [1.82, 2.24) is 4.90 Å². The average molecular weight is 398 g/mol. The van der Waals surface area contributed by atoms with Crippen LogP contribution in [0.2, 0.25) is 0 Å². The molecular formula is C23H31N3O3. The Morgan fingerprint density at radius 2 is 1.83 bits per heavy atom. The van der Waals surface area contributed by atoms with E-state index in [4.69, 9.17) is 4.74 Å². The fraction of sp³-hybridized carbons (Fsp3) is 0.435. The van der Waals surface area contributed by atoms with Crippen molar-refractivity contribution in [3.63, 3.8) is 0 Å². The van der Waals surface area contributed by atoms with E-state index in [1.54, 1.807) is 19.2 Å². The van der Waals surface area contributed by atoms with Crippen molar-refractivity contribution in [2.24, 2.45) is 0 Å². The van der Waals surface area contributed by atoms with Crippen LogP contribution >= 0.6 is 0 Å². The monoisotopic (exact) mass is 397 g/mol. The molecule has 3 rings (SSSR count). The summed E-state index contributed by atoms with van der Waals surface area (Å²) in [6.07, 6.45) is -0.164. The summed E-state index contributed by atoms with van der Waals surface area (Å²) in [7, 11) is 1.56. The fourth-order valence-electron chi connectivity index (χ4n) is 3.90. The minimum Gasteiger partial charge on any atom is -0.495 e. The van der Waals surface area contributed by atoms with Gasteiger partial charge in [-0.2, -0.15) is 0 Å². The van der Waals surface area contributed by atoms with Crippen LogP contribution in [0.25, 0.3) is 0 Å².